The zero-order valence-electron chi connectivity index (χ0n) is 12.1. The number of hydrogen-bond acceptors (Lipinski definition) is 2. The standard InChI is InChI=1S/C17H15ClFNOS/c1-11-12-8-10-22-16(12)7-9-20(11)17(21)6-5-13-14(18)3-2-4-15(13)19/h2-6,8,10-11H,7,9H2,1H3/b6-5+/t11-/m1/s1. The fraction of sp³-hybridized carbons (Fsp3) is 0.235. The van der Waals surface area contributed by atoms with Crippen LogP contribution in [-0.4, -0.2) is 17.4 Å². The Morgan fingerprint density at radius 1 is 1.45 bits per heavy atom. The topological polar surface area (TPSA) is 20.3 Å². The third-order valence-corrected chi connectivity index (χ3v) is 5.28. The van der Waals surface area contributed by atoms with E-state index < -0.39 is 5.82 Å². The van der Waals surface area contributed by atoms with Crippen LogP contribution in [0.25, 0.3) is 6.08 Å². The number of nitrogens with zero attached hydrogens (tertiary/aromatic N) is 1. The van der Waals surface area contributed by atoms with Crippen LogP contribution in [0.5, 0.6) is 0 Å². The minimum atomic E-state index is -0.427. The van der Waals surface area contributed by atoms with E-state index in [-0.39, 0.29) is 17.5 Å². The van der Waals surface area contributed by atoms with Crippen molar-refractivity contribution in [2.45, 2.75) is 19.4 Å². The van der Waals surface area contributed by atoms with Crippen LogP contribution in [0.3, 0.4) is 0 Å². The molecule has 2 nitrogen and oxygen atoms in total. The summed E-state index contributed by atoms with van der Waals surface area (Å²) < 4.78 is 13.7. The summed E-state index contributed by atoms with van der Waals surface area (Å²) in [6, 6.07) is 6.60. The number of fused-ring (bicyclic) bond motifs is 1. The van der Waals surface area contributed by atoms with Crippen molar-refractivity contribution in [3.05, 3.63) is 62.6 Å². The number of amides is 1. The van der Waals surface area contributed by atoms with Gasteiger partial charge in [-0.25, -0.2) is 4.39 Å². The predicted molar refractivity (Wildman–Crippen MR) is 88.6 cm³/mol. The van der Waals surface area contributed by atoms with Crippen molar-refractivity contribution in [2.75, 3.05) is 6.54 Å². The Kier molecular flexibility index (Phi) is 4.32. The highest BCUT2D eigenvalue weighted by molar-refractivity contribution is 7.10. The predicted octanol–water partition coefficient (Wildman–Crippen LogP) is 4.70. The fourth-order valence-corrected chi connectivity index (χ4v) is 3.92. The van der Waals surface area contributed by atoms with Crippen LogP contribution in [-0.2, 0) is 11.2 Å². The third kappa shape index (κ3) is 2.81. The van der Waals surface area contributed by atoms with Crippen LogP contribution in [0.1, 0.15) is 29.0 Å². The van der Waals surface area contributed by atoms with Gasteiger partial charge in [0, 0.05) is 23.1 Å². The third-order valence-electron chi connectivity index (χ3n) is 3.95. The van der Waals surface area contributed by atoms with Gasteiger partial charge in [-0.2, -0.15) is 0 Å². The Labute approximate surface area is 137 Å². The molecule has 0 N–H and O–H groups in total. The highest BCUT2D eigenvalue weighted by atomic mass is 35.5. The molecule has 0 unspecified atom stereocenters. The number of halogens is 2. The maximum Gasteiger partial charge on any atom is 0.247 e. The second-order valence-corrected chi connectivity index (χ2v) is 6.63. The Morgan fingerprint density at radius 3 is 3.05 bits per heavy atom. The molecule has 22 heavy (non-hydrogen) atoms. The molecule has 0 bridgehead atoms. The van der Waals surface area contributed by atoms with Gasteiger partial charge in [-0.1, -0.05) is 17.7 Å². The van der Waals surface area contributed by atoms with Crippen LogP contribution in [0.4, 0.5) is 4.39 Å². The van der Waals surface area contributed by atoms with Gasteiger partial charge in [-0.15, -0.1) is 11.3 Å². The smallest absolute Gasteiger partial charge is 0.247 e. The van der Waals surface area contributed by atoms with Gasteiger partial charge in [-0.05, 0) is 48.6 Å². The molecule has 114 valence electrons. The van der Waals surface area contributed by atoms with Crippen LogP contribution in [0.2, 0.25) is 5.02 Å². The zero-order chi connectivity index (χ0) is 15.7. The first-order chi connectivity index (χ1) is 10.6. The van der Waals surface area contributed by atoms with Gasteiger partial charge >= 0.3 is 0 Å². The van der Waals surface area contributed by atoms with Crippen molar-refractivity contribution in [3.8, 4) is 0 Å². The normalized spacial score (nSPS) is 17.8. The number of thiophene rings is 1. The van der Waals surface area contributed by atoms with E-state index in [9.17, 15) is 9.18 Å². The summed E-state index contributed by atoms with van der Waals surface area (Å²) in [7, 11) is 0. The van der Waals surface area contributed by atoms with Crippen molar-refractivity contribution in [1.82, 2.24) is 4.90 Å². The van der Waals surface area contributed by atoms with Crippen molar-refractivity contribution in [2.24, 2.45) is 0 Å². The average molecular weight is 336 g/mol. The Bertz CT molecular complexity index is 720. The minimum absolute atomic E-state index is 0.0447. The molecule has 0 aliphatic carbocycles. The first kappa shape index (κ1) is 15.3. The van der Waals surface area contributed by atoms with Crippen molar-refractivity contribution < 1.29 is 9.18 Å². The first-order valence-electron chi connectivity index (χ1n) is 7.07. The van der Waals surface area contributed by atoms with Crippen molar-refractivity contribution in [3.63, 3.8) is 0 Å². The number of carbonyl (C=O) groups excluding carboxylic acids is 1. The van der Waals surface area contributed by atoms with Gasteiger partial charge in [0.25, 0.3) is 0 Å². The van der Waals surface area contributed by atoms with E-state index in [4.69, 9.17) is 11.6 Å². The van der Waals surface area contributed by atoms with Crippen LogP contribution < -0.4 is 0 Å². The molecular formula is C17H15ClFNOS. The fourth-order valence-electron chi connectivity index (χ4n) is 2.73. The summed E-state index contributed by atoms with van der Waals surface area (Å²) in [6.07, 6.45) is 3.73. The van der Waals surface area contributed by atoms with E-state index >= 15 is 0 Å². The lowest BCUT2D eigenvalue weighted by atomic mass is 10.0. The van der Waals surface area contributed by atoms with E-state index in [1.807, 2.05) is 6.92 Å². The van der Waals surface area contributed by atoms with Gasteiger partial charge < -0.3 is 4.90 Å². The average Bonchev–Trinajstić information content (AvgIpc) is 2.96. The number of carbonyl (C=O) groups is 1. The van der Waals surface area contributed by atoms with Crippen molar-refractivity contribution in [1.29, 1.82) is 0 Å². The number of hydrogen-bond donors (Lipinski definition) is 0. The van der Waals surface area contributed by atoms with E-state index in [2.05, 4.69) is 11.4 Å². The molecule has 0 saturated heterocycles. The summed E-state index contributed by atoms with van der Waals surface area (Å²) >= 11 is 7.70. The molecule has 0 fully saturated rings. The largest absolute Gasteiger partial charge is 0.332 e. The molecule has 2 aromatic rings. The maximum absolute atomic E-state index is 13.7. The number of rotatable bonds is 2. The quantitative estimate of drug-likeness (QED) is 0.728. The second kappa shape index (κ2) is 6.23. The summed E-state index contributed by atoms with van der Waals surface area (Å²) in [5, 5.41) is 2.36. The molecule has 0 radical (unpaired) electrons. The maximum atomic E-state index is 13.7. The molecule has 1 aliphatic heterocycles. The van der Waals surface area contributed by atoms with E-state index in [1.165, 1.54) is 28.7 Å². The molecule has 5 heteroatoms. The molecule has 1 aliphatic rings. The lowest BCUT2D eigenvalue weighted by molar-refractivity contribution is -0.128. The molecule has 0 spiro atoms. The molecule has 3 rings (SSSR count). The second-order valence-electron chi connectivity index (χ2n) is 5.23. The minimum Gasteiger partial charge on any atom is -0.332 e. The van der Waals surface area contributed by atoms with Crippen molar-refractivity contribution >= 4 is 34.9 Å². The van der Waals surface area contributed by atoms with Gasteiger partial charge in [0.2, 0.25) is 5.91 Å². The molecule has 1 atom stereocenters. The molecule has 2 heterocycles. The van der Waals surface area contributed by atoms with Gasteiger partial charge in [-0.3, -0.25) is 4.79 Å². The van der Waals surface area contributed by atoms with Crippen LogP contribution in [0.15, 0.2) is 35.7 Å². The first-order valence-corrected chi connectivity index (χ1v) is 8.32. The highest BCUT2D eigenvalue weighted by Crippen LogP contribution is 2.33. The molecular weight excluding hydrogens is 321 g/mol. The van der Waals surface area contributed by atoms with Gasteiger partial charge in [0.15, 0.2) is 0 Å². The van der Waals surface area contributed by atoms with Crippen LogP contribution in [0, 0.1) is 5.82 Å². The Morgan fingerprint density at radius 2 is 2.27 bits per heavy atom. The summed E-state index contributed by atoms with van der Waals surface area (Å²) in [6.45, 7) is 2.70. The van der Waals surface area contributed by atoms with E-state index in [1.54, 1.807) is 28.4 Å². The molecule has 0 saturated carbocycles. The highest BCUT2D eigenvalue weighted by Gasteiger charge is 2.27. The zero-order valence-corrected chi connectivity index (χ0v) is 13.6. The SMILES string of the molecule is C[C@@H]1c2ccsc2CCN1C(=O)/C=C/c1c(F)cccc1Cl. The van der Waals surface area contributed by atoms with Crippen LogP contribution >= 0.6 is 22.9 Å². The lowest BCUT2D eigenvalue weighted by Gasteiger charge is -2.32. The van der Waals surface area contributed by atoms with Gasteiger partial charge in [0.05, 0.1) is 11.1 Å². The van der Waals surface area contributed by atoms with Gasteiger partial charge in [0.1, 0.15) is 5.82 Å². The number of benzene rings is 1. The lowest BCUT2D eigenvalue weighted by Crippen LogP contribution is -2.37. The molecule has 1 aromatic heterocycles. The summed E-state index contributed by atoms with van der Waals surface area (Å²) in [5.74, 6) is -0.549. The molecule has 1 aromatic carbocycles. The summed E-state index contributed by atoms with van der Waals surface area (Å²) in [5.41, 5.74) is 1.46. The van der Waals surface area contributed by atoms with E-state index in [0.29, 0.717) is 11.6 Å². The monoisotopic (exact) mass is 335 g/mol. The summed E-state index contributed by atoms with van der Waals surface area (Å²) in [4.78, 5) is 15.6. The molecule has 1 amide bonds. The Hall–Kier alpha value is -1.65. The van der Waals surface area contributed by atoms with E-state index in [0.717, 1.165) is 6.42 Å². The Balaban J connectivity index is 1.79.